The van der Waals surface area contributed by atoms with Crippen LogP contribution in [0.25, 0.3) is 11.1 Å². The lowest BCUT2D eigenvalue weighted by Crippen LogP contribution is -2.26. The van der Waals surface area contributed by atoms with Gasteiger partial charge in [0, 0.05) is 28.9 Å². The summed E-state index contributed by atoms with van der Waals surface area (Å²) in [6.07, 6.45) is 2.64. The highest BCUT2D eigenvalue weighted by molar-refractivity contribution is 6.31. The van der Waals surface area contributed by atoms with Crippen molar-refractivity contribution >= 4 is 11.6 Å². The molecule has 0 aliphatic carbocycles. The molecule has 2 nitrogen and oxygen atoms in total. The Morgan fingerprint density at radius 2 is 2.00 bits per heavy atom. The third kappa shape index (κ3) is 2.91. The Kier molecular flexibility index (Phi) is 3.83. The van der Waals surface area contributed by atoms with E-state index in [1.807, 2.05) is 0 Å². The molecule has 19 heavy (non-hydrogen) atoms. The summed E-state index contributed by atoms with van der Waals surface area (Å²) in [6.45, 7) is 1.21. The molecule has 0 fully saturated rings. The Hall–Kier alpha value is -1.52. The molecule has 5 heteroatoms. The van der Waals surface area contributed by atoms with E-state index in [1.165, 1.54) is 19.2 Å². The minimum Gasteiger partial charge on any atom is -0.327 e. The zero-order chi connectivity index (χ0) is 14.0. The summed E-state index contributed by atoms with van der Waals surface area (Å²) in [6, 6.07) is 6.16. The van der Waals surface area contributed by atoms with Gasteiger partial charge in [0.15, 0.2) is 0 Å². The molecular formula is C14H13ClF2N2. The van der Waals surface area contributed by atoms with E-state index in [0.29, 0.717) is 16.7 Å². The maximum absolute atomic E-state index is 14.1. The quantitative estimate of drug-likeness (QED) is 0.932. The fourth-order valence-corrected chi connectivity index (χ4v) is 2.17. The number of hydrogen-bond acceptors (Lipinski definition) is 2. The fraction of sp³-hybridized carbons (Fsp3) is 0.214. The van der Waals surface area contributed by atoms with E-state index in [-0.39, 0.29) is 11.6 Å². The molecule has 0 aliphatic heterocycles. The maximum Gasteiger partial charge on any atom is 0.146 e. The predicted octanol–water partition coefficient (Wildman–Crippen LogP) is 3.68. The van der Waals surface area contributed by atoms with Crippen molar-refractivity contribution in [1.29, 1.82) is 0 Å². The minimum absolute atomic E-state index is 0.159. The lowest BCUT2D eigenvalue weighted by molar-refractivity contribution is 0.203. The van der Waals surface area contributed by atoms with Gasteiger partial charge in [0.2, 0.25) is 0 Å². The maximum atomic E-state index is 14.1. The van der Waals surface area contributed by atoms with Crippen molar-refractivity contribution in [3.05, 3.63) is 53.1 Å². The Bertz CT molecular complexity index is 600. The Morgan fingerprint density at radius 3 is 2.58 bits per heavy atom. The minimum atomic E-state index is -1.68. The van der Waals surface area contributed by atoms with Gasteiger partial charge in [-0.25, -0.2) is 8.78 Å². The topological polar surface area (TPSA) is 38.9 Å². The molecule has 0 amide bonds. The second-order valence-electron chi connectivity index (χ2n) is 4.49. The summed E-state index contributed by atoms with van der Waals surface area (Å²) in [5.41, 5.74) is 5.28. The van der Waals surface area contributed by atoms with Crippen LogP contribution in [-0.2, 0) is 5.67 Å². The first-order valence-electron chi connectivity index (χ1n) is 5.74. The third-order valence-electron chi connectivity index (χ3n) is 2.95. The molecule has 0 spiro atoms. The van der Waals surface area contributed by atoms with Crippen LogP contribution in [0.2, 0.25) is 5.02 Å². The molecule has 0 saturated heterocycles. The van der Waals surface area contributed by atoms with Crippen molar-refractivity contribution in [2.45, 2.75) is 12.6 Å². The van der Waals surface area contributed by atoms with Gasteiger partial charge in [-0.05, 0) is 24.6 Å². The van der Waals surface area contributed by atoms with E-state index >= 15 is 0 Å². The third-order valence-corrected chi connectivity index (χ3v) is 3.26. The van der Waals surface area contributed by atoms with Gasteiger partial charge in [-0.3, -0.25) is 4.98 Å². The molecule has 1 aromatic carbocycles. The molecule has 2 N–H and O–H groups in total. The van der Waals surface area contributed by atoms with Gasteiger partial charge in [-0.15, -0.1) is 0 Å². The van der Waals surface area contributed by atoms with Crippen molar-refractivity contribution in [1.82, 2.24) is 4.98 Å². The molecule has 1 unspecified atom stereocenters. The molecule has 2 rings (SSSR count). The standard InChI is InChI=1S/C14H13ClF2N2/c1-14(17,8-18)12-3-2-9(5-13(12)15)10-4-11(16)7-19-6-10/h2-7H,8,18H2,1H3. The smallest absolute Gasteiger partial charge is 0.146 e. The number of nitrogens with zero attached hydrogens (tertiary/aromatic N) is 1. The first-order chi connectivity index (χ1) is 8.94. The number of halogens is 3. The van der Waals surface area contributed by atoms with Crippen LogP contribution in [0.5, 0.6) is 0 Å². The van der Waals surface area contributed by atoms with Crippen LogP contribution in [0.1, 0.15) is 12.5 Å². The molecule has 100 valence electrons. The van der Waals surface area contributed by atoms with Crippen LogP contribution in [0.4, 0.5) is 8.78 Å². The van der Waals surface area contributed by atoms with Crippen molar-refractivity contribution in [3.8, 4) is 11.1 Å². The van der Waals surface area contributed by atoms with Crippen LogP contribution in [-0.4, -0.2) is 11.5 Å². The molecule has 0 radical (unpaired) electrons. The number of aromatic nitrogens is 1. The van der Waals surface area contributed by atoms with Crippen LogP contribution >= 0.6 is 11.6 Å². The number of alkyl halides is 1. The molecule has 1 heterocycles. The molecule has 1 atom stereocenters. The normalized spacial score (nSPS) is 14.2. The van der Waals surface area contributed by atoms with E-state index in [1.54, 1.807) is 18.2 Å². The summed E-state index contributed by atoms with van der Waals surface area (Å²) < 4.78 is 27.2. The zero-order valence-electron chi connectivity index (χ0n) is 10.3. The van der Waals surface area contributed by atoms with Gasteiger partial charge in [0.1, 0.15) is 11.5 Å². The van der Waals surface area contributed by atoms with Gasteiger partial charge >= 0.3 is 0 Å². The average Bonchev–Trinajstić information content (AvgIpc) is 2.38. The van der Waals surface area contributed by atoms with E-state index < -0.39 is 11.5 Å². The van der Waals surface area contributed by atoms with Crippen molar-refractivity contribution < 1.29 is 8.78 Å². The average molecular weight is 283 g/mol. The van der Waals surface area contributed by atoms with E-state index in [2.05, 4.69) is 4.98 Å². The summed E-state index contributed by atoms with van der Waals surface area (Å²) in [7, 11) is 0. The number of hydrogen-bond donors (Lipinski definition) is 1. The zero-order valence-corrected chi connectivity index (χ0v) is 11.1. The number of nitrogens with two attached hydrogens (primary N) is 1. The second kappa shape index (κ2) is 5.23. The highest BCUT2D eigenvalue weighted by atomic mass is 35.5. The molecule has 0 aliphatic rings. The Morgan fingerprint density at radius 1 is 1.26 bits per heavy atom. The predicted molar refractivity (Wildman–Crippen MR) is 72.2 cm³/mol. The van der Waals surface area contributed by atoms with Crippen LogP contribution in [0.3, 0.4) is 0 Å². The number of pyridine rings is 1. The van der Waals surface area contributed by atoms with Gasteiger partial charge in [0.25, 0.3) is 0 Å². The van der Waals surface area contributed by atoms with E-state index in [4.69, 9.17) is 17.3 Å². The molecule has 0 bridgehead atoms. The second-order valence-corrected chi connectivity index (χ2v) is 4.90. The molecule has 2 aromatic rings. The summed E-state index contributed by atoms with van der Waals surface area (Å²) >= 11 is 6.07. The lowest BCUT2D eigenvalue weighted by Gasteiger charge is -2.20. The highest BCUT2D eigenvalue weighted by Gasteiger charge is 2.26. The van der Waals surface area contributed by atoms with Crippen molar-refractivity contribution in [3.63, 3.8) is 0 Å². The van der Waals surface area contributed by atoms with E-state index in [0.717, 1.165) is 6.20 Å². The largest absolute Gasteiger partial charge is 0.327 e. The first kappa shape index (κ1) is 13.9. The first-order valence-corrected chi connectivity index (χ1v) is 6.12. The highest BCUT2D eigenvalue weighted by Crippen LogP contribution is 2.33. The lowest BCUT2D eigenvalue weighted by atomic mass is 9.95. The fourth-order valence-electron chi connectivity index (χ4n) is 1.80. The monoisotopic (exact) mass is 282 g/mol. The van der Waals surface area contributed by atoms with Gasteiger partial charge in [0.05, 0.1) is 6.20 Å². The number of benzene rings is 1. The van der Waals surface area contributed by atoms with Crippen molar-refractivity contribution in [2.24, 2.45) is 5.73 Å². The summed E-state index contributed by atoms with van der Waals surface area (Å²) in [5, 5.41) is 0.261. The summed E-state index contributed by atoms with van der Waals surface area (Å²) in [4.78, 5) is 3.77. The SMILES string of the molecule is CC(F)(CN)c1ccc(-c2cncc(F)c2)cc1Cl. The van der Waals surface area contributed by atoms with Gasteiger partial charge in [-0.1, -0.05) is 23.7 Å². The van der Waals surface area contributed by atoms with Crippen LogP contribution in [0.15, 0.2) is 36.7 Å². The van der Waals surface area contributed by atoms with Gasteiger partial charge < -0.3 is 5.73 Å². The molecular weight excluding hydrogens is 270 g/mol. The Labute approximate surface area is 115 Å². The molecule has 1 aromatic heterocycles. The van der Waals surface area contributed by atoms with Crippen LogP contribution in [0, 0.1) is 5.82 Å². The summed E-state index contributed by atoms with van der Waals surface area (Å²) in [5.74, 6) is -0.435. The Balaban J connectivity index is 2.45. The molecule has 0 saturated carbocycles. The van der Waals surface area contributed by atoms with Crippen molar-refractivity contribution in [2.75, 3.05) is 6.54 Å². The van der Waals surface area contributed by atoms with E-state index in [9.17, 15) is 8.78 Å². The van der Waals surface area contributed by atoms with Crippen LogP contribution < -0.4 is 5.73 Å². The van der Waals surface area contributed by atoms with Gasteiger partial charge in [-0.2, -0.15) is 0 Å². The number of rotatable bonds is 3.